The molecule has 2 amide bonds. The van der Waals surface area contributed by atoms with Gasteiger partial charge >= 0.3 is 5.91 Å². The van der Waals surface area contributed by atoms with Crippen LogP contribution in [0.5, 0.6) is 5.75 Å². The highest BCUT2D eigenvalue weighted by Gasteiger charge is 2.16. The third kappa shape index (κ3) is 6.37. The number of benzene rings is 1. The molecule has 136 valence electrons. The molecule has 0 aromatic heterocycles. The fourth-order valence-electron chi connectivity index (χ4n) is 2.16. The molecule has 1 aromatic carbocycles. The second-order valence-corrected chi connectivity index (χ2v) is 5.54. The van der Waals surface area contributed by atoms with Crippen LogP contribution in [-0.2, 0) is 14.3 Å². The topological polar surface area (TPSA) is 85.9 Å². The van der Waals surface area contributed by atoms with E-state index in [1.54, 1.807) is 24.3 Å². The first kappa shape index (κ1) is 18.6. The van der Waals surface area contributed by atoms with Gasteiger partial charge in [-0.3, -0.25) is 20.4 Å². The standard InChI is InChI=1S/C18H24N2O5/c1-2-3-4-5-10-24-15-8-6-14(7-9-15)17(21)19-20-18(22)16-13-23-11-12-25-16/h6-9,13H,2-5,10-12H2,1H3,(H,19,21)(H,20,22). The molecular weight excluding hydrogens is 324 g/mol. The zero-order valence-electron chi connectivity index (χ0n) is 14.4. The Labute approximate surface area is 147 Å². The molecule has 0 radical (unpaired) electrons. The van der Waals surface area contributed by atoms with E-state index in [9.17, 15) is 9.59 Å². The van der Waals surface area contributed by atoms with Gasteiger partial charge in [-0.15, -0.1) is 0 Å². The molecule has 1 aromatic rings. The summed E-state index contributed by atoms with van der Waals surface area (Å²) in [5.74, 6) is -0.256. The lowest BCUT2D eigenvalue weighted by Crippen LogP contribution is -2.43. The van der Waals surface area contributed by atoms with E-state index in [0.29, 0.717) is 25.4 Å². The normalized spacial score (nSPS) is 13.1. The van der Waals surface area contributed by atoms with Crippen molar-refractivity contribution in [1.29, 1.82) is 0 Å². The minimum atomic E-state index is -0.569. The van der Waals surface area contributed by atoms with Crippen LogP contribution in [-0.4, -0.2) is 31.6 Å². The lowest BCUT2D eigenvalue weighted by molar-refractivity contribution is -0.123. The Balaban J connectivity index is 1.74. The van der Waals surface area contributed by atoms with Gasteiger partial charge in [0.25, 0.3) is 5.91 Å². The quantitative estimate of drug-likeness (QED) is 0.556. The number of carbonyl (C=O) groups is 2. The second-order valence-electron chi connectivity index (χ2n) is 5.54. The first-order chi connectivity index (χ1) is 12.2. The number of amides is 2. The molecule has 1 aliphatic heterocycles. The highest BCUT2D eigenvalue weighted by atomic mass is 16.6. The highest BCUT2D eigenvalue weighted by Crippen LogP contribution is 2.13. The molecule has 2 rings (SSSR count). The summed E-state index contributed by atoms with van der Waals surface area (Å²) < 4.78 is 15.7. The summed E-state index contributed by atoms with van der Waals surface area (Å²) in [7, 11) is 0. The number of ether oxygens (including phenoxy) is 3. The highest BCUT2D eigenvalue weighted by molar-refractivity contribution is 5.97. The molecule has 0 aliphatic carbocycles. The van der Waals surface area contributed by atoms with Crippen molar-refractivity contribution < 1.29 is 23.8 Å². The first-order valence-electron chi connectivity index (χ1n) is 8.49. The van der Waals surface area contributed by atoms with Gasteiger partial charge in [-0.05, 0) is 30.7 Å². The SMILES string of the molecule is CCCCCCOc1ccc(C(=O)NNC(=O)C2=COCCO2)cc1. The summed E-state index contributed by atoms with van der Waals surface area (Å²) in [5, 5.41) is 0. The van der Waals surface area contributed by atoms with Crippen LogP contribution in [0.3, 0.4) is 0 Å². The molecular formula is C18H24N2O5. The smallest absolute Gasteiger partial charge is 0.308 e. The molecule has 2 N–H and O–H groups in total. The molecule has 25 heavy (non-hydrogen) atoms. The summed E-state index contributed by atoms with van der Waals surface area (Å²) in [5.41, 5.74) is 5.01. The van der Waals surface area contributed by atoms with Crippen molar-refractivity contribution in [2.24, 2.45) is 0 Å². The molecule has 0 fully saturated rings. The van der Waals surface area contributed by atoms with E-state index in [1.807, 2.05) is 0 Å². The van der Waals surface area contributed by atoms with E-state index in [4.69, 9.17) is 14.2 Å². The van der Waals surface area contributed by atoms with E-state index in [1.165, 1.54) is 19.1 Å². The predicted octanol–water partition coefficient (Wildman–Crippen LogP) is 2.29. The average Bonchev–Trinajstić information content (AvgIpc) is 2.67. The van der Waals surface area contributed by atoms with Crippen LogP contribution in [0.1, 0.15) is 43.0 Å². The molecule has 0 bridgehead atoms. The molecule has 1 heterocycles. The third-order valence-corrected chi connectivity index (χ3v) is 3.55. The maximum atomic E-state index is 12.0. The molecule has 0 saturated carbocycles. The van der Waals surface area contributed by atoms with Crippen molar-refractivity contribution in [3.63, 3.8) is 0 Å². The number of nitrogens with one attached hydrogen (secondary N) is 2. The van der Waals surface area contributed by atoms with Crippen molar-refractivity contribution in [2.45, 2.75) is 32.6 Å². The van der Waals surface area contributed by atoms with Crippen LogP contribution < -0.4 is 15.6 Å². The Bertz CT molecular complexity index is 598. The van der Waals surface area contributed by atoms with E-state index in [0.717, 1.165) is 18.6 Å². The maximum Gasteiger partial charge on any atom is 0.308 e. The van der Waals surface area contributed by atoms with E-state index >= 15 is 0 Å². The van der Waals surface area contributed by atoms with Crippen LogP contribution in [0.4, 0.5) is 0 Å². The molecule has 0 atom stereocenters. The predicted molar refractivity (Wildman–Crippen MR) is 91.7 cm³/mol. The van der Waals surface area contributed by atoms with Gasteiger partial charge in [0.05, 0.1) is 6.61 Å². The van der Waals surface area contributed by atoms with Gasteiger partial charge in [0.1, 0.15) is 25.2 Å². The zero-order chi connectivity index (χ0) is 17.9. The fourth-order valence-corrected chi connectivity index (χ4v) is 2.16. The van der Waals surface area contributed by atoms with Crippen LogP contribution in [0.15, 0.2) is 36.3 Å². The maximum absolute atomic E-state index is 12.0. The summed E-state index contributed by atoms with van der Waals surface area (Å²) in [6.45, 7) is 3.53. The van der Waals surface area contributed by atoms with E-state index in [2.05, 4.69) is 17.8 Å². The minimum absolute atomic E-state index is 0.0263. The van der Waals surface area contributed by atoms with Crippen LogP contribution in [0.2, 0.25) is 0 Å². The molecule has 7 nitrogen and oxygen atoms in total. The summed E-state index contributed by atoms with van der Waals surface area (Å²) in [6.07, 6.45) is 5.79. The van der Waals surface area contributed by atoms with Crippen molar-refractivity contribution in [3.8, 4) is 5.75 Å². The largest absolute Gasteiger partial charge is 0.494 e. The Hall–Kier alpha value is -2.70. The Morgan fingerprint density at radius 1 is 1.04 bits per heavy atom. The number of unbranched alkanes of at least 4 members (excludes halogenated alkanes) is 3. The Kier molecular flexibility index (Phi) is 7.62. The summed E-state index contributed by atoms with van der Waals surface area (Å²) in [4.78, 5) is 23.8. The van der Waals surface area contributed by atoms with Gasteiger partial charge in [0, 0.05) is 5.56 Å². The van der Waals surface area contributed by atoms with Gasteiger partial charge in [0.2, 0.25) is 5.76 Å². The molecule has 0 saturated heterocycles. The monoisotopic (exact) mass is 348 g/mol. The fraction of sp³-hybridized carbons (Fsp3) is 0.444. The number of carbonyl (C=O) groups excluding carboxylic acids is 2. The Morgan fingerprint density at radius 3 is 2.48 bits per heavy atom. The lowest BCUT2D eigenvalue weighted by Gasteiger charge is -2.15. The van der Waals surface area contributed by atoms with Gasteiger partial charge in [0.15, 0.2) is 0 Å². The first-order valence-corrected chi connectivity index (χ1v) is 8.49. The van der Waals surface area contributed by atoms with Gasteiger partial charge in [-0.2, -0.15) is 0 Å². The van der Waals surface area contributed by atoms with Crippen LogP contribution in [0, 0.1) is 0 Å². The average molecular weight is 348 g/mol. The van der Waals surface area contributed by atoms with Crippen LogP contribution >= 0.6 is 0 Å². The lowest BCUT2D eigenvalue weighted by atomic mass is 10.2. The second kappa shape index (κ2) is 10.2. The number of hydrazine groups is 1. The summed E-state index contributed by atoms with van der Waals surface area (Å²) >= 11 is 0. The van der Waals surface area contributed by atoms with Gasteiger partial charge in [-0.1, -0.05) is 26.2 Å². The molecule has 0 unspecified atom stereocenters. The molecule has 1 aliphatic rings. The zero-order valence-corrected chi connectivity index (χ0v) is 14.4. The van der Waals surface area contributed by atoms with Crippen LogP contribution in [0.25, 0.3) is 0 Å². The van der Waals surface area contributed by atoms with Crippen molar-refractivity contribution in [2.75, 3.05) is 19.8 Å². The summed E-state index contributed by atoms with van der Waals surface area (Å²) in [6, 6.07) is 6.75. The van der Waals surface area contributed by atoms with Crippen molar-refractivity contribution >= 4 is 11.8 Å². The number of hydrogen-bond acceptors (Lipinski definition) is 5. The van der Waals surface area contributed by atoms with Gasteiger partial charge in [-0.25, -0.2) is 0 Å². The van der Waals surface area contributed by atoms with Crippen molar-refractivity contribution in [3.05, 3.63) is 41.9 Å². The molecule has 7 heteroatoms. The molecule has 0 spiro atoms. The van der Waals surface area contributed by atoms with Gasteiger partial charge < -0.3 is 14.2 Å². The number of hydrogen-bond donors (Lipinski definition) is 2. The minimum Gasteiger partial charge on any atom is -0.494 e. The Morgan fingerprint density at radius 2 is 1.80 bits per heavy atom. The third-order valence-electron chi connectivity index (χ3n) is 3.55. The van der Waals surface area contributed by atoms with Crippen molar-refractivity contribution in [1.82, 2.24) is 10.9 Å². The number of rotatable bonds is 8. The van der Waals surface area contributed by atoms with E-state index < -0.39 is 11.8 Å². The van der Waals surface area contributed by atoms with E-state index in [-0.39, 0.29) is 5.76 Å².